The maximum Gasteiger partial charge on any atom is 0.292 e. The third kappa shape index (κ3) is 2.83. The number of carbonyl (C=O) groups is 1. The van der Waals surface area contributed by atoms with Crippen LogP contribution in [0.5, 0.6) is 0 Å². The van der Waals surface area contributed by atoms with Crippen molar-refractivity contribution in [3.8, 4) is 0 Å². The van der Waals surface area contributed by atoms with Crippen molar-refractivity contribution < 1.29 is 4.79 Å². The summed E-state index contributed by atoms with van der Waals surface area (Å²) in [7, 11) is 0. The van der Waals surface area contributed by atoms with Gasteiger partial charge in [-0.1, -0.05) is 23.7 Å². The van der Waals surface area contributed by atoms with Crippen molar-refractivity contribution in [1.29, 1.82) is 0 Å². The van der Waals surface area contributed by atoms with Crippen LogP contribution in [-0.4, -0.2) is 44.7 Å². The molecule has 2 aromatic rings. The van der Waals surface area contributed by atoms with Gasteiger partial charge in [0.15, 0.2) is 0 Å². The summed E-state index contributed by atoms with van der Waals surface area (Å²) in [6.07, 6.45) is 5.45. The van der Waals surface area contributed by atoms with Crippen LogP contribution in [0.2, 0.25) is 5.02 Å². The Balaban J connectivity index is 1.50. The Morgan fingerprint density at radius 3 is 2.80 bits per heavy atom. The molecule has 4 rings (SSSR count). The molecule has 0 spiro atoms. The van der Waals surface area contributed by atoms with Crippen molar-refractivity contribution in [3.05, 3.63) is 47.0 Å². The zero-order valence-corrected chi connectivity index (χ0v) is 14.8. The number of aromatic nitrogens is 3. The first-order chi connectivity index (χ1) is 12.1. The fraction of sp³-hybridized carbons (Fsp3) is 0.500. The number of nitrogens with two attached hydrogens (primary N) is 1. The first-order valence-corrected chi connectivity index (χ1v) is 9.16. The van der Waals surface area contributed by atoms with E-state index in [0.29, 0.717) is 12.4 Å². The summed E-state index contributed by atoms with van der Waals surface area (Å²) in [6.45, 7) is 2.09. The lowest BCUT2D eigenvalue weighted by molar-refractivity contribution is 0.0522. The minimum absolute atomic E-state index is 0.00301. The lowest BCUT2D eigenvalue weighted by atomic mass is 9.68. The van der Waals surface area contributed by atoms with E-state index in [9.17, 15) is 4.79 Å². The number of hydrogen-bond acceptors (Lipinski definition) is 4. The van der Waals surface area contributed by atoms with Crippen molar-refractivity contribution in [3.63, 3.8) is 0 Å². The molecule has 1 amide bonds. The maximum absolute atomic E-state index is 12.7. The van der Waals surface area contributed by atoms with Gasteiger partial charge < -0.3 is 15.2 Å². The SMILES string of the molecule is NC[C@]1(c2cccc(Cl)c2)CC[C@@H](N2CCn3cnnc3C2=O)CC1. The molecule has 1 aliphatic carbocycles. The summed E-state index contributed by atoms with van der Waals surface area (Å²) in [5.74, 6) is 0.452. The summed E-state index contributed by atoms with van der Waals surface area (Å²) in [5, 5.41) is 8.57. The topological polar surface area (TPSA) is 77.0 Å². The summed E-state index contributed by atoms with van der Waals surface area (Å²) in [6, 6.07) is 8.28. The second-order valence-electron chi connectivity index (χ2n) is 7.07. The van der Waals surface area contributed by atoms with Crippen LogP contribution in [0.4, 0.5) is 0 Å². The molecule has 0 unspecified atom stereocenters. The van der Waals surface area contributed by atoms with E-state index in [4.69, 9.17) is 17.3 Å². The molecule has 1 saturated carbocycles. The summed E-state index contributed by atoms with van der Waals surface area (Å²) in [4.78, 5) is 14.7. The Morgan fingerprint density at radius 2 is 2.08 bits per heavy atom. The molecule has 1 fully saturated rings. The Bertz CT molecular complexity index is 781. The fourth-order valence-corrected chi connectivity index (χ4v) is 4.46. The van der Waals surface area contributed by atoms with Gasteiger partial charge in [0.05, 0.1) is 0 Å². The Hall–Kier alpha value is -1.92. The van der Waals surface area contributed by atoms with Crippen molar-refractivity contribution in [2.75, 3.05) is 13.1 Å². The van der Waals surface area contributed by atoms with E-state index in [1.54, 1.807) is 6.33 Å². The van der Waals surface area contributed by atoms with Crippen LogP contribution >= 0.6 is 11.6 Å². The molecular formula is C18H22ClN5O. The molecule has 2 aliphatic rings. The largest absolute Gasteiger partial charge is 0.331 e. The van der Waals surface area contributed by atoms with Gasteiger partial charge in [-0.2, -0.15) is 0 Å². The predicted molar refractivity (Wildman–Crippen MR) is 95.5 cm³/mol. The Labute approximate surface area is 152 Å². The molecule has 2 N–H and O–H groups in total. The number of hydrogen-bond donors (Lipinski definition) is 1. The highest BCUT2D eigenvalue weighted by molar-refractivity contribution is 6.30. The monoisotopic (exact) mass is 359 g/mol. The minimum atomic E-state index is -0.0414. The van der Waals surface area contributed by atoms with Crippen molar-refractivity contribution in [2.24, 2.45) is 5.73 Å². The number of rotatable bonds is 3. The molecule has 7 heteroatoms. The van der Waals surface area contributed by atoms with Gasteiger partial charge >= 0.3 is 0 Å². The van der Waals surface area contributed by atoms with Gasteiger partial charge in [0.1, 0.15) is 6.33 Å². The molecule has 2 heterocycles. The average molecular weight is 360 g/mol. The number of benzene rings is 1. The molecule has 25 heavy (non-hydrogen) atoms. The highest BCUT2D eigenvalue weighted by Gasteiger charge is 2.40. The Morgan fingerprint density at radius 1 is 1.28 bits per heavy atom. The van der Waals surface area contributed by atoms with Crippen LogP contribution in [-0.2, 0) is 12.0 Å². The molecule has 0 radical (unpaired) electrons. The molecule has 0 atom stereocenters. The van der Waals surface area contributed by atoms with Gasteiger partial charge in [-0.3, -0.25) is 4.79 Å². The molecule has 1 aromatic heterocycles. The molecule has 6 nitrogen and oxygen atoms in total. The van der Waals surface area contributed by atoms with E-state index in [1.807, 2.05) is 27.7 Å². The molecular weight excluding hydrogens is 338 g/mol. The van der Waals surface area contributed by atoms with Crippen LogP contribution in [0.15, 0.2) is 30.6 Å². The third-order valence-corrected chi connectivity index (χ3v) is 6.07. The van der Waals surface area contributed by atoms with E-state index >= 15 is 0 Å². The van der Waals surface area contributed by atoms with Crippen molar-refractivity contribution >= 4 is 17.5 Å². The number of amides is 1. The first kappa shape index (κ1) is 16.5. The second-order valence-corrected chi connectivity index (χ2v) is 7.51. The Kier molecular flexibility index (Phi) is 4.25. The second kappa shape index (κ2) is 6.42. The standard InChI is InChI=1S/C18H22ClN5O/c19-14-3-1-2-13(10-14)18(11-20)6-4-15(5-7-18)24-9-8-23-12-21-22-16(23)17(24)25/h1-3,10,12,15H,4-9,11,20H2/t15-,18+. The quantitative estimate of drug-likeness (QED) is 0.911. The fourth-order valence-electron chi connectivity index (χ4n) is 4.27. The van der Waals surface area contributed by atoms with Crippen LogP contribution in [0.25, 0.3) is 0 Å². The third-order valence-electron chi connectivity index (χ3n) is 5.83. The van der Waals surface area contributed by atoms with E-state index in [-0.39, 0.29) is 17.4 Å². The minimum Gasteiger partial charge on any atom is -0.331 e. The van der Waals surface area contributed by atoms with Gasteiger partial charge in [-0.05, 0) is 43.4 Å². The zero-order chi connectivity index (χ0) is 17.4. The van der Waals surface area contributed by atoms with Crippen molar-refractivity contribution in [1.82, 2.24) is 19.7 Å². The van der Waals surface area contributed by atoms with Gasteiger partial charge in [-0.25, -0.2) is 0 Å². The van der Waals surface area contributed by atoms with Crippen LogP contribution in [0, 0.1) is 0 Å². The first-order valence-electron chi connectivity index (χ1n) is 8.78. The number of fused-ring (bicyclic) bond motifs is 1. The number of halogens is 1. The van der Waals surface area contributed by atoms with E-state index in [1.165, 1.54) is 5.56 Å². The van der Waals surface area contributed by atoms with E-state index in [0.717, 1.165) is 43.8 Å². The highest BCUT2D eigenvalue weighted by Crippen LogP contribution is 2.41. The lowest BCUT2D eigenvalue weighted by Gasteiger charge is -2.44. The summed E-state index contributed by atoms with van der Waals surface area (Å²) < 4.78 is 1.83. The van der Waals surface area contributed by atoms with E-state index < -0.39 is 0 Å². The molecule has 132 valence electrons. The van der Waals surface area contributed by atoms with E-state index in [2.05, 4.69) is 16.3 Å². The maximum atomic E-state index is 12.7. The van der Waals surface area contributed by atoms with Gasteiger partial charge in [0.2, 0.25) is 5.82 Å². The van der Waals surface area contributed by atoms with Crippen molar-refractivity contribution in [2.45, 2.75) is 43.7 Å². The summed E-state index contributed by atoms with van der Waals surface area (Å²) in [5.41, 5.74) is 7.35. The number of nitrogens with zero attached hydrogens (tertiary/aromatic N) is 4. The normalized spacial score (nSPS) is 26.6. The number of carbonyl (C=O) groups excluding carboxylic acids is 1. The predicted octanol–water partition coefficient (Wildman–Crippen LogP) is 2.23. The smallest absolute Gasteiger partial charge is 0.292 e. The highest BCUT2D eigenvalue weighted by atomic mass is 35.5. The molecule has 0 saturated heterocycles. The average Bonchev–Trinajstić information content (AvgIpc) is 3.12. The van der Waals surface area contributed by atoms with Crippen LogP contribution < -0.4 is 5.73 Å². The van der Waals surface area contributed by atoms with Gasteiger partial charge in [0.25, 0.3) is 5.91 Å². The molecule has 1 aromatic carbocycles. The molecule has 0 bridgehead atoms. The van der Waals surface area contributed by atoms with Crippen LogP contribution in [0.3, 0.4) is 0 Å². The molecule has 1 aliphatic heterocycles. The lowest BCUT2D eigenvalue weighted by Crippen LogP contribution is -2.50. The zero-order valence-electron chi connectivity index (χ0n) is 14.1. The van der Waals surface area contributed by atoms with Crippen LogP contribution in [0.1, 0.15) is 41.9 Å². The van der Waals surface area contributed by atoms with Gasteiger partial charge in [0, 0.05) is 36.1 Å². The summed E-state index contributed by atoms with van der Waals surface area (Å²) >= 11 is 6.18. The van der Waals surface area contributed by atoms with Gasteiger partial charge in [-0.15, -0.1) is 10.2 Å².